The van der Waals surface area contributed by atoms with Gasteiger partial charge in [0.15, 0.2) is 6.61 Å². The topological polar surface area (TPSA) is 154 Å². The summed E-state index contributed by atoms with van der Waals surface area (Å²) in [6.07, 6.45) is 2.56. The van der Waals surface area contributed by atoms with Gasteiger partial charge in [0.25, 0.3) is 11.8 Å². The maximum atomic E-state index is 12.1. The molecule has 4 amide bonds. The molecule has 0 saturated heterocycles. The first kappa shape index (κ1) is 19.7. The molecule has 0 bridgehead atoms. The summed E-state index contributed by atoms with van der Waals surface area (Å²) in [4.78, 5) is 47.8. The second kappa shape index (κ2) is 8.17. The highest BCUT2D eigenvalue weighted by molar-refractivity contribution is 7.17. The molecule has 26 heavy (non-hydrogen) atoms. The number of urea groups is 1. The summed E-state index contributed by atoms with van der Waals surface area (Å²) >= 11 is 1.31. The van der Waals surface area contributed by atoms with Crippen LogP contribution < -0.4 is 22.1 Å². The normalized spacial score (nSPS) is 13.8. The highest BCUT2D eigenvalue weighted by Gasteiger charge is 2.28. The van der Waals surface area contributed by atoms with Crippen LogP contribution in [0.5, 0.6) is 0 Å². The lowest BCUT2D eigenvalue weighted by molar-refractivity contribution is -0.150. The van der Waals surface area contributed by atoms with Crippen molar-refractivity contribution in [3.05, 3.63) is 16.0 Å². The Labute approximate surface area is 154 Å². The second-order valence-electron chi connectivity index (χ2n) is 6.31. The van der Waals surface area contributed by atoms with Gasteiger partial charge in [-0.15, -0.1) is 11.3 Å². The van der Waals surface area contributed by atoms with Gasteiger partial charge < -0.3 is 26.8 Å². The molecule has 2 rings (SSSR count). The molecule has 6 N–H and O–H groups in total. The summed E-state index contributed by atoms with van der Waals surface area (Å²) < 4.78 is 4.95. The van der Waals surface area contributed by atoms with E-state index in [-0.39, 0.29) is 5.92 Å². The van der Waals surface area contributed by atoms with Crippen LogP contribution in [-0.2, 0) is 27.2 Å². The Hall–Kier alpha value is -2.62. The zero-order valence-corrected chi connectivity index (χ0v) is 15.4. The van der Waals surface area contributed by atoms with Gasteiger partial charge in [-0.25, -0.2) is 9.59 Å². The predicted octanol–water partition coefficient (Wildman–Crippen LogP) is 0.510. The first-order valence-corrected chi connectivity index (χ1v) is 8.99. The Morgan fingerprint density at radius 1 is 1.19 bits per heavy atom. The van der Waals surface area contributed by atoms with E-state index in [1.165, 1.54) is 11.3 Å². The molecule has 9 nitrogen and oxygen atoms in total. The van der Waals surface area contributed by atoms with E-state index in [1.54, 1.807) is 13.8 Å². The van der Waals surface area contributed by atoms with Crippen LogP contribution in [0.15, 0.2) is 0 Å². The molecule has 0 unspecified atom stereocenters. The number of rotatable bonds is 7. The number of carbonyl (C=O) groups is 4. The molecular formula is C16H22N4O5S. The van der Waals surface area contributed by atoms with Crippen molar-refractivity contribution >= 4 is 40.2 Å². The van der Waals surface area contributed by atoms with E-state index >= 15 is 0 Å². The number of esters is 1. The highest BCUT2D eigenvalue weighted by Crippen LogP contribution is 2.38. The van der Waals surface area contributed by atoms with Gasteiger partial charge in [0, 0.05) is 4.88 Å². The monoisotopic (exact) mass is 382 g/mol. The highest BCUT2D eigenvalue weighted by atomic mass is 32.1. The Morgan fingerprint density at radius 3 is 2.46 bits per heavy atom. The minimum atomic E-state index is -0.952. The molecule has 0 aromatic carbocycles. The van der Waals surface area contributed by atoms with Crippen LogP contribution in [0.2, 0.25) is 0 Å². The van der Waals surface area contributed by atoms with E-state index in [2.05, 4.69) is 10.6 Å². The third-order valence-electron chi connectivity index (χ3n) is 3.98. The average molecular weight is 382 g/mol. The lowest BCUT2D eigenvalue weighted by atomic mass is 10.1. The lowest BCUT2D eigenvalue weighted by Gasteiger charge is -2.19. The molecule has 1 aromatic heterocycles. The van der Waals surface area contributed by atoms with Gasteiger partial charge in [-0.2, -0.15) is 0 Å². The van der Waals surface area contributed by atoms with Gasteiger partial charge in [0.2, 0.25) is 0 Å². The second-order valence-corrected chi connectivity index (χ2v) is 7.42. The number of fused-ring (bicyclic) bond motifs is 1. The standard InChI is InChI=1S/C16H22N4O5S/c1-7(2)12(20-16(18)24)15(23)25-6-10(21)19-14-11(13(17)22)8-4-3-5-9(8)26-14/h7,12H,3-6H2,1-2H3,(H2,17,22)(H,19,21)(H3,18,20,24)/t12-/m1/s1. The van der Waals surface area contributed by atoms with Crippen LogP contribution in [0.25, 0.3) is 0 Å². The fourth-order valence-corrected chi connectivity index (χ4v) is 4.10. The maximum absolute atomic E-state index is 12.1. The maximum Gasteiger partial charge on any atom is 0.329 e. The zero-order valence-electron chi connectivity index (χ0n) is 14.6. The third-order valence-corrected chi connectivity index (χ3v) is 5.19. The molecule has 0 spiro atoms. The molecule has 1 aliphatic carbocycles. The largest absolute Gasteiger partial charge is 0.454 e. The van der Waals surface area contributed by atoms with Crippen molar-refractivity contribution in [2.75, 3.05) is 11.9 Å². The van der Waals surface area contributed by atoms with E-state index in [9.17, 15) is 19.2 Å². The summed E-state index contributed by atoms with van der Waals surface area (Å²) in [7, 11) is 0. The van der Waals surface area contributed by atoms with E-state index in [0.29, 0.717) is 10.6 Å². The number of thiophene rings is 1. The van der Waals surface area contributed by atoms with Crippen LogP contribution in [0.4, 0.5) is 9.80 Å². The molecule has 0 radical (unpaired) electrons. The molecule has 1 heterocycles. The number of carbonyl (C=O) groups excluding carboxylic acids is 4. The minimum absolute atomic E-state index is 0.264. The van der Waals surface area contributed by atoms with Crippen molar-refractivity contribution in [2.45, 2.75) is 39.2 Å². The van der Waals surface area contributed by atoms with Gasteiger partial charge in [0.1, 0.15) is 11.0 Å². The van der Waals surface area contributed by atoms with Crippen LogP contribution in [0.3, 0.4) is 0 Å². The number of hydrogen-bond acceptors (Lipinski definition) is 6. The number of primary amides is 2. The van der Waals surface area contributed by atoms with E-state index in [0.717, 1.165) is 29.7 Å². The number of amides is 4. The SMILES string of the molecule is CC(C)[C@@H](NC(N)=O)C(=O)OCC(=O)Nc1sc2c(c1C(N)=O)CCC2. The number of hydrogen-bond donors (Lipinski definition) is 4. The van der Waals surface area contributed by atoms with Gasteiger partial charge >= 0.3 is 12.0 Å². The van der Waals surface area contributed by atoms with Crippen LogP contribution >= 0.6 is 11.3 Å². The average Bonchev–Trinajstić information content (AvgIpc) is 3.09. The zero-order chi connectivity index (χ0) is 19.4. The number of ether oxygens (including phenoxy) is 1. The summed E-state index contributed by atoms with van der Waals surface area (Å²) in [6, 6.07) is -1.81. The number of aryl methyl sites for hydroxylation is 1. The first-order valence-electron chi connectivity index (χ1n) is 8.17. The van der Waals surface area contributed by atoms with Crippen molar-refractivity contribution in [1.82, 2.24) is 5.32 Å². The lowest BCUT2D eigenvalue weighted by Crippen LogP contribution is -2.48. The molecule has 1 aromatic rings. The molecule has 142 valence electrons. The Balaban J connectivity index is 1.98. The first-order chi connectivity index (χ1) is 12.2. The molecule has 0 fully saturated rings. The number of nitrogens with two attached hydrogens (primary N) is 2. The molecule has 10 heteroatoms. The van der Waals surface area contributed by atoms with Crippen LogP contribution in [-0.4, -0.2) is 36.5 Å². The quantitative estimate of drug-likeness (QED) is 0.506. The van der Waals surface area contributed by atoms with E-state index < -0.39 is 36.5 Å². The van der Waals surface area contributed by atoms with Crippen LogP contribution in [0.1, 0.15) is 41.1 Å². The van der Waals surface area contributed by atoms with Crippen molar-refractivity contribution in [3.8, 4) is 0 Å². The van der Waals surface area contributed by atoms with E-state index in [1.807, 2.05) is 0 Å². The minimum Gasteiger partial charge on any atom is -0.454 e. The van der Waals surface area contributed by atoms with Crippen molar-refractivity contribution < 1.29 is 23.9 Å². The summed E-state index contributed by atoms with van der Waals surface area (Å²) in [5.74, 6) is -2.22. The van der Waals surface area contributed by atoms with Crippen molar-refractivity contribution in [1.29, 1.82) is 0 Å². The van der Waals surface area contributed by atoms with Gasteiger partial charge in [-0.3, -0.25) is 9.59 Å². The fraction of sp³-hybridized carbons (Fsp3) is 0.500. The Bertz CT molecular complexity index is 743. The van der Waals surface area contributed by atoms with Gasteiger partial charge in [-0.05, 0) is 30.7 Å². The molecule has 0 aliphatic heterocycles. The number of nitrogens with one attached hydrogen (secondary N) is 2. The molecular weight excluding hydrogens is 360 g/mol. The molecule has 1 aliphatic rings. The summed E-state index contributed by atoms with van der Waals surface area (Å²) in [5.41, 5.74) is 11.7. The Kier molecular flexibility index (Phi) is 6.19. The van der Waals surface area contributed by atoms with Crippen LogP contribution in [0, 0.1) is 5.92 Å². The van der Waals surface area contributed by atoms with Crippen molar-refractivity contribution in [3.63, 3.8) is 0 Å². The third kappa shape index (κ3) is 4.51. The summed E-state index contributed by atoms with van der Waals surface area (Å²) in [6.45, 7) is 2.85. The Morgan fingerprint density at radius 2 is 1.88 bits per heavy atom. The van der Waals surface area contributed by atoms with Gasteiger partial charge in [0.05, 0.1) is 5.56 Å². The summed E-state index contributed by atoms with van der Waals surface area (Å²) in [5, 5.41) is 5.23. The fourth-order valence-electron chi connectivity index (χ4n) is 2.79. The van der Waals surface area contributed by atoms with Crippen molar-refractivity contribution in [2.24, 2.45) is 17.4 Å². The predicted molar refractivity (Wildman–Crippen MR) is 95.8 cm³/mol. The molecule has 0 saturated carbocycles. The number of anilines is 1. The smallest absolute Gasteiger partial charge is 0.329 e. The van der Waals surface area contributed by atoms with Gasteiger partial charge in [-0.1, -0.05) is 13.8 Å². The molecule has 1 atom stereocenters. The van der Waals surface area contributed by atoms with E-state index in [4.69, 9.17) is 16.2 Å².